The minimum Gasteiger partial charge on any atom is -0.379 e. The van der Waals surface area contributed by atoms with E-state index in [1.54, 1.807) is 0 Å². The number of nitrogens with one attached hydrogen (secondary N) is 2. The fraction of sp³-hybridized carbons (Fsp3) is 0.375. The van der Waals surface area contributed by atoms with Crippen LogP contribution >= 0.6 is 0 Å². The molecule has 6 nitrogen and oxygen atoms in total. The Morgan fingerprint density at radius 2 is 2.04 bits per heavy atom. The molecule has 1 saturated heterocycles. The first-order chi connectivity index (χ1) is 11.1. The highest BCUT2D eigenvalue weighted by molar-refractivity contribution is 5.99. The van der Waals surface area contributed by atoms with Crippen LogP contribution in [-0.4, -0.2) is 49.6 Å². The average Bonchev–Trinajstić information content (AvgIpc) is 2.57. The van der Waals surface area contributed by atoms with E-state index in [0.29, 0.717) is 25.4 Å². The smallest absolute Gasteiger partial charge is 0.247 e. The molecule has 0 aromatic heterocycles. The first-order valence-corrected chi connectivity index (χ1v) is 7.41. The van der Waals surface area contributed by atoms with Gasteiger partial charge in [0.25, 0.3) is 0 Å². The van der Waals surface area contributed by atoms with Crippen LogP contribution in [0.2, 0.25) is 0 Å². The first-order valence-electron chi connectivity index (χ1n) is 7.41. The van der Waals surface area contributed by atoms with E-state index >= 15 is 0 Å². The number of hydrogen-bond donors (Lipinski definition) is 2. The lowest BCUT2D eigenvalue weighted by molar-refractivity contribution is -0.116. The Kier molecular flexibility index (Phi) is 6.25. The molecule has 1 aliphatic heterocycles. The Labute approximate surface area is 134 Å². The topological polar surface area (TPSA) is 70.7 Å². The van der Waals surface area contributed by atoms with Gasteiger partial charge in [0.15, 0.2) is 0 Å². The molecular weight excluding hydrogens is 301 g/mol. The summed E-state index contributed by atoms with van der Waals surface area (Å²) in [7, 11) is 0. The number of carbonyl (C=O) groups is 2. The third-order valence-corrected chi connectivity index (χ3v) is 3.45. The molecule has 0 bridgehead atoms. The number of ether oxygens (including phenoxy) is 1. The summed E-state index contributed by atoms with van der Waals surface area (Å²) in [6.45, 7) is 6.87. The Bertz CT molecular complexity index is 586. The van der Waals surface area contributed by atoms with Gasteiger partial charge in [-0.25, -0.2) is 4.39 Å². The fourth-order valence-corrected chi connectivity index (χ4v) is 2.19. The van der Waals surface area contributed by atoms with Gasteiger partial charge in [0.05, 0.1) is 18.9 Å². The van der Waals surface area contributed by atoms with E-state index < -0.39 is 11.7 Å². The summed E-state index contributed by atoms with van der Waals surface area (Å²) in [4.78, 5) is 25.3. The number of carbonyl (C=O) groups excluding carboxylic acids is 2. The lowest BCUT2D eigenvalue weighted by atomic mass is 10.2. The first kappa shape index (κ1) is 17.1. The molecule has 1 fully saturated rings. The predicted molar refractivity (Wildman–Crippen MR) is 85.7 cm³/mol. The van der Waals surface area contributed by atoms with Gasteiger partial charge in [-0.2, -0.15) is 0 Å². The van der Waals surface area contributed by atoms with Crippen LogP contribution in [0.15, 0.2) is 30.9 Å². The molecule has 0 radical (unpaired) electrons. The molecule has 2 rings (SSSR count). The van der Waals surface area contributed by atoms with Gasteiger partial charge in [0.1, 0.15) is 5.82 Å². The lowest BCUT2D eigenvalue weighted by Crippen LogP contribution is -2.38. The average molecular weight is 321 g/mol. The van der Waals surface area contributed by atoms with Crippen molar-refractivity contribution in [1.82, 2.24) is 4.90 Å². The zero-order chi connectivity index (χ0) is 16.7. The fourth-order valence-electron chi connectivity index (χ4n) is 2.19. The quantitative estimate of drug-likeness (QED) is 0.781. The number of hydrogen-bond acceptors (Lipinski definition) is 4. The van der Waals surface area contributed by atoms with E-state index in [4.69, 9.17) is 4.74 Å². The number of benzene rings is 1. The second-order valence-electron chi connectivity index (χ2n) is 5.14. The summed E-state index contributed by atoms with van der Waals surface area (Å²) in [5.41, 5.74) is 0.429. The molecular formula is C16H20FN3O3. The van der Waals surface area contributed by atoms with Gasteiger partial charge >= 0.3 is 0 Å². The minimum absolute atomic E-state index is 0.0406. The van der Waals surface area contributed by atoms with Gasteiger partial charge in [-0.3, -0.25) is 14.5 Å². The SMILES string of the molecule is C=CC(=O)Nc1ccc(F)c(NC(=O)CCN2CCOCC2)c1. The highest BCUT2D eigenvalue weighted by Gasteiger charge is 2.13. The van der Waals surface area contributed by atoms with E-state index in [2.05, 4.69) is 22.1 Å². The van der Waals surface area contributed by atoms with Crippen molar-refractivity contribution in [2.75, 3.05) is 43.5 Å². The summed E-state index contributed by atoms with van der Waals surface area (Å²) >= 11 is 0. The number of anilines is 2. The number of morpholine rings is 1. The van der Waals surface area contributed by atoms with Crippen LogP contribution in [0.25, 0.3) is 0 Å². The molecule has 0 unspecified atom stereocenters. The van der Waals surface area contributed by atoms with Gasteiger partial charge in [-0.1, -0.05) is 6.58 Å². The van der Waals surface area contributed by atoms with Crippen molar-refractivity contribution in [2.24, 2.45) is 0 Å². The van der Waals surface area contributed by atoms with Gasteiger partial charge in [0.2, 0.25) is 11.8 Å². The van der Waals surface area contributed by atoms with Crippen molar-refractivity contribution in [1.29, 1.82) is 0 Å². The molecule has 0 aliphatic carbocycles. The Balaban J connectivity index is 1.89. The van der Waals surface area contributed by atoms with Crippen LogP contribution in [0.1, 0.15) is 6.42 Å². The molecule has 1 heterocycles. The zero-order valence-electron chi connectivity index (χ0n) is 12.8. The molecule has 1 aliphatic rings. The largest absolute Gasteiger partial charge is 0.379 e. The molecule has 0 spiro atoms. The Morgan fingerprint density at radius 3 is 2.74 bits per heavy atom. The van der Waals surface area contributed by atoms with Crippen molar-refractivity contribution in [3.8, 4) is 0 Å². The van der Waals surface area contributed by atoms with Crippen molar-refractivity contribution >= 4 is 23.2 Å². The molecule has 2 N–H and O–H groups in total. The number of amides is 2. The van der Waals surface area contributed by atoms with Crippen molar-refractivity contribution in [3.63, 3.8) is 0 Å². The normalized spacial score (nSPS) is 15.0. The summed E-state index contributed by atoms with van der Waals surface area (Å²) in [6.07, 6.45) is 1.38. The highest BCUT2D eigenvalue weighted by Crippen LogP contribution is 2.20. The summed E-state index contributed by atoms with van der Waals surface area (Å²) in [5.74, 6) is -1.23. The molecule has 1 aromatic rings. The molecule has 0 atom stereocenters. The van der Waals surface area contributed by atoms with Gasteiger partial charge in [0, 0.05) is 31.7 Å². The van der Waals surface area contributed by atoms with Crippen molar-refractivity contribution in [2.45, 2.75) is 6.42 Å². The van der Waals surface area contributed by atoms with Crippen LogP contribution < -0.4 is 10.6 Å². The van der Waals surface area contributed by atoms with E-state index in [9.17, 15) is 14.0 Å². The second-order valence-corrected chi connectivity index (χ2v) is 5.14. The van der Waals surface area contributed by atoms with Crippen molar-refractivity contribution in [3.05, 3.63) is 36.7 Å². The second kappa shape index (κ2) is 8.40. The maximum absolute atomic E-state index is 13.8. The maximum Gasteiger partial charge on any atom is 0.247 e. The summed E-state index contributed by atoms with van der Waals surface area (Å²) in [5, 5.41) is 5.05. The summed E-state index contributed by atoms with van der Waals surface area (Å²) in [6, 6.07) is 3.99. The number of halogens is 1. The van der Waals surface area contributed by atoms with E-state index in [1.165, 1.54) is 18.2 Å². The van der Waals surface area contributed by atoms with Crippen LogP contribution in [0, 0.1) is 5.82 Å². The van der Waals surface area contributed by atoms with Gasteiger partial charge < -0.3 is 15.4 Å². The molecule has 2 amide bonds. The molecule has 7 heteroatoms. The Morgan fingerprint density at radius 1 is 1.30 bits per heavy atom. The third kappa shape index (κ3) is 5.46. The zero-order valence-corrected chi connectivity index (χ0v) is 12.8. The molecule has 1 aromatic carbocycles. The van der Waals surface area contributed by atoms with E-state index in [1.807, 2.05) is 0 Å². The highest BCUT2D eigenvalue weighted by atomic mass is 19.1. The summed E-state index contributed by atoms with van der Waals surface area (Å²) < 4.78 is 19.0. The van der Waals surface area contributed by atoms with Crippen LogP contribution in [-0.2, 0) is 14.3 Å². The maximum atomic E-state index is 13.8. The monoisotopic (exact) mass is 321 g/mol. The van der Waals surface area contributed by atoms with Crippen molar-refractivity contribution < 1.29 is 18.7 Å². The van der Waals surface area contributed by atoms with Crippen LogP contribution in [0.3, 0.4) is 0 Å². The molecule has 0 saturated carbocycles. The minimum atomic E-state index is -0.554. The molecule has 23 heavy (non-hydrogen) atoms. The standard InChI is InChI=1S/C16H20FN3O3/c1-2-15(21)18-12-3-4-13(17)14(11-12)19-16(22)5-6-20-7-9-23-10-8-20/h2-4,11H,1,5-10H2,(H,18,21)(H,19,22). The van der Waals surface area contributed by atoms with Crippen LogP contribution in [0.5, 0.6) is 0 Å². The molecule has 124 valence electrons. The predicted octanol–water partition coefficient (Wildman–Crippen LogP) is 1.61. The van der Waals surface area contributed by atoms with E-state index in [-0.39, 0.29) is 18.0 Å². The number of rotatable bonds is 6. The van der Waals surface area contributed by atoms with Gasteiger partial charge in [-0.05, 0) is 24.3 Å². The Hall–Kier alpha value is -2.25. The van der Waals surface area contributed by atoms with E-state index in [0.717, 1.165) is 19.2 Å². The van der Waals surface area contributed by atoms with Crippen LogP contribution in [0.4, 0.5) is 15.8 Å². The lowest BCUT2D eigenvalue weighted by Gasteiger charge is -2.26. The number of nitrogens with zero attached hydrogens (tertiary/aromatic N) is 1. The third-order valence-electron chi connectivity index (χ3n) is 3.45. The van der Waals surface area contributed by atoms with Gasteiger partial charge in [-0.15, -0.1) is 0 Å².